The van der Waals surface area contributed by atoms with Crippen molar-refractivity contribution in [1.82, 2.24) is 5.32 Å². The molecule has 0 radical (unpaired) electrons. The van der Waals surface area contributed by atoms with Crippen LogP contribution in [-0.4, -0.2) is 30.1 Å². The summed E-state index contributed by atoms with van der Waals surface area (Å²) in [4.78, 5) is 23.4. The van der Waals surface area contributed by atoms with Gasteiger partial charge in [0.1, 0.15) is 10.6 Å². The van der Waals surface area contributed by atoms with Crippen LogP contribution in [0, 0.1) is 0 Å². The number of carboxylic acid groups (broad SMARTS) is 1. The standard InChI is InChI=1S/C18H19NO4S/c1-23-15-5-3-12-2-4-14(8-13(12)9-15)19-17(20)7-11-6-16(18(21)22)24-10-11/h3,5-6,9-10,14H,2,4,7-8H2,1H3,(H,19,20)(H,21,22). The molecule has 2 N–H and O–H groups in total. The summed E-state index contributed by atoms with van der Waals surface area (Å²) < 4.78 is 5.26. The highest BCUT2D eigenvalue weighted by Gasteiger charge is 2.21. The van der Waals surface area contributed by atoms with E-state index in [4.69, 9.17) is 9.84 Å². The van der Waals surface area contributed by atoms with Gasteiger partial charge in [-0.15, -0.1) is 11.3 Å². The number of hydrogen-bond donors (Lipinski definition) is 2. The maximum absolute atomic E-state index is 12.2. The van der Waals surface area contributed by atoms with Crippen LogP contribution in [0.15, 0.2) is 29.6 Å². The molecule has 24 heavy (non-hydrogen) atoms. The van der Waals surface area contributed by atoms with Crippen molar-refractivity contribution >= 4 is 23.2 Å². The Labute approximate surface area is 144 Å². The van der Waals surface area contributed by atoms with Gasteiger partial charge < -0.3 is 15.2 Å². The molecule has 1 amide bonds. The summed E-state index contributed by atoms with van der Waals surface area (Å²) in [6.07, 6.45) is 2.86. The van der Waals surface area contributed by atoms with Gasteiger partial charge in [0.05, 0.1) is 13.5 Å². The van der Waals surface area contributed by atoms with E-state index in [0.29, 0.717) is 0 Å². The Kier molecular flexibility index (Phi) is 4.85. The number of nitrogens with one attached hydrogen (secondary N) is 1. The van der Waals surface area contributed by atoms with Gasteiger partial charge in [0.25, 0.3) is 0 Å². The molecule has 126 valence electrons. The molecule has 1 aromatic heterocycles. The average molecular weight is 345 g/mol. The molecule has 2 aromatic rings. The molecule has 6 heteroatoms. The Morgan fingerprint density at radius 2 is 2.17 bits per heavy atom. The first-order valence-electron chi connectivity index (χ1n) is 7.81. The largest absolute Gasteiger partial charge is 0.497 e. The molecule has 3 rings (SSSR count). The maximum Gasteiger partial charge on any atom is 0.345 e. The van der Waals surface area contributed by atoms with E-state index in [2.05, 4.69) is 11.4 Å². The molecule has 1 heterocycles. The van der Waals surface area contributed by atoms with Crippen molar-refractivity contribution < 1.29 is 19.4 Å². The molecule has 1 unspecified atom stereocenters. The summed E-state index contributed by atoms with van der Waals surface area (Å²) in [5.74, 6) is -0.189. The minimum Gasteiger partial charge on any atom is -0.497 e. The Morgan fingerprint density at radius 3 is 2.88 bits per heavy atom. The van der Waals surface area contributed by atoms with Crippen LogP contribution in [0.25, 0.3) is 0 Å². The van der Waals surface area contributed by atoms with E-state index in [1.165, 1.54) is 11.1 Å². The molecule has 0 spiro atoms. The zero-order valence-electron chi connectivity index (χ0n) is 13.4. The molecule has 1 atom stereocenters. The van der Waals surface area contributed by atoms with Crippen molar-refractivity contribution in [3.8, 4) is 5.75 Å². The number of rotatable bonds is 5. The quantitative estimate of drug-likeness (QED) is 0.874. The lowest BCUT2D eigenvalue weighted by Gasteiger charge is -2.26. The van der Waals surface area contributed by atoms with E-state index >= 15 is 0 Å². The number of hydrogen-bond acceptors (Lipinski definition) is 4. The summed E-state index contributed by atoms with van der Waals surface area (Å²) in [6.45, 7) is 0. The predicted octanol–water partition coefficient (Wildman–Crippen LogP) is 2.67. The van der Waals surface area contributed by atoms with Gasteiger partial charge in [-0.25, -0.2) is 4.79 Å². The highest BCUT2D eigenvalue weighted by molar-refractivity contribution is 7.12. The lowest BCUT2D eigenvalue weighted by molar-refractivity contribution is -0.121. The first kappa shape index (κ1) is 16.5. The van der Waals surface area contributed by atoms with Crippen LogP contribution in [0.4, 0.5) is 0 Å². The fraction of sp³-hybridized carbons (Fsp3) is 0.333. The van der Waals surface area contributed by atoms with Gasteiger partial charge in [-0.3, -0.25) is 4.79 Å². The number of carbonyl (C=O) groups excluding carboxylic acids is 1. The second-order valence-electron chi connectivity index (χ2n) is 5.94. The van der Waals surface area contributed by atoms with E-state index in [1.807, 2.05) is 12.1 Å². The zero-order valence-corrected chi connectivity index (χ0v) is 14.2. The van der Waals surface area contributed by atoms with Gasteiger partial charge in [0.15, 0.2) is 0 Å². The predicted molar refractivity (Wildman–Crippen MR) is 91.9 cm³/mol. The summed E-state index contributed by atoms with van der Waals surface area (Å²) in [6, 6.07) is 7.76. The molecular weight excluding hydrogens is 326 g/mol. The molecule has 0 fully saturated rings. The number of ether oxygens (including phenoxy) is 1. The van der Waals surface area contributed by atoms with Gasteiger partial charge in [0.2, 0.25) is 5.91 Å². The first-order valence-corrected chi connectivity index (χ1v) is 8.69. The number of benzene rings is 1. The van der Waals surface area contributed by atoms with Crippen molar-refractivity contribution in [2.45, 2.75) is 31.7 Å². The van der Waals surface area contributed by atoms with Crippen molar-refractivity contribution in [2.75, 3.05) is 7.11 Å². The van der Waals surface area contributed by atoms with E-state index in [1.54, 1.807) is 18.6 Å². The van der Waals surface area contributed by atoms with Crippen molar-refractivity contribution in [1.29, 1.82) is 0 Å². The summed E-state index contributed by atoms with van der Waals surface area (Å²) >= 11 is 1.15. The van der Waals surface area contributed by atoms with Crippen LogP contribution in [0.1, 0.15) is 32.8 Å². The number of amides is 1. The lowest BCUT2D eigenvalue weighted by atomic mass is 9.88. The van der Waals surface area contributed by atoms with Crippen LogP contribution in [-0.2, 0) is 24.1 Å². The van der Waals surface area contributed by atoms with Crippen LogP contribution < -0.4 is 10.1 Å². The van der Waals surface area contributed by atoms with E-state index in [9.17, 15) is 9.59 Å². The number of carbonyl (C=O) groups is 2. The summed E-state index contributed by atoms with van der Waals surface area (Å²) in [5.41, 5.74) is 3.27. The van der Waals surface area contributed by atoms with E-state index in [0.717, 1.165) is 41.9 Å². The molecule has 1 aliphatic carbocycles. The molecule has 0 bridgehead atoms. The van der Waals surface area contributed by atoms with Crippen LogP contribution in [0.3, 0.4) is 0 Å². The Morgan fingerprint density at radius 1 is 1.33 bits per heavy atom. The third-order valence-corrected chi connectivity index (χ3v) is 5.20. The first-order chi connectivity index (χ1) is 11.5. The fourth-order valence-electron chi connectivity index (χ4n) is 3.03. The van der Waals surface area contributed by atoms with Gasteiger partial charge >= 0.3 is 5.97 Å². The molecular formula is C18H19NO4S. The summed E-state index contributed by atoms with van der Waals surface area (Å²) in [5, 5.41) is 13.7. The molecule has 0 aliphatic heterocycles. The van der Waals surface area contributed by atoms with Gasteiger partial charge in [-0.05, 0) is 59.5 Å². The van der Waals surface area contributed by atoms with E-state index < -0.39 is 5.97 Å². The maximum atomic E-state index is 12.2. The minimum absolute atomic E-state index is 0.0684. The Hall–Kier alpha value is -2.34. The number of thiophene rings is 1. The van der Waals surface area contributed by atoms with Gasteiger partial charge in [-0.2, -0.15) is 0 Å². The van der Waals surface area contributed by atoms with Crippen LogP contribution in [0.2, 0.25) is 0 Å². The molecule has 0 saturated heterocycles. The monoisotopic (exact) mass is 345 g/mol. The van der Waals surface area contributed by atoms with Crippen molar-refractivity contribution in [3.05, 3.63) is 51.2 Å². The van der Waals surface area contributed by atoms with Gasteiger partial charge in [0, 0.05) is 6.04 Å². The Balaban J connectivity index is 1.59. The summed E-state index contributed by atoms with van der Waals surface area (Å²) in [7, 11) is 1.65. The number of fused-ring (bicyclic) bond motifs is 1. The topological polar surface area (TPSA) is 75.6 Å². The normalized spacial score (nSPS) is 16.3. The lowest BCUT2D eigenvalue weighted by Crippen LogP contribution is -2.39. The average Bonchev–Trinajstić information content (AvgIpc) is 3.02. The molecule has 0 saturated carbocycles. The third-order valence-electron chi connectivity index (χ3n) is 4.24. The SMILES string of the molecule is COc1ccc2c(c1)CC(NC(=O)Cc1csc(C(=O)O)c1)CC2. The second kappa shape index (κ2) is 7.05. The number of methoxy groups -OCH3 is 1. The number of aryl methyl sites for hydroxylation is 1. The molecule has 1 aromatic carbocycles. The fourth-order valence-corrected chi connectivity index (χ4v) is 3.78. The second-order valence-corrected chi connectivity index (χ2v) is 6.85. The van der Waals surface area contributed by atoms with E-state index in [-0.39, 0.29) is 23.2 Å². The zero-order chi connectivity index (χ0) is 17.1. The van der Waals surface area contributed by atoms with Crippen LogP contribution in [0.5, 0.6) is 5.75 Å². The Bertz CT molecular complexity index is 768. The molecule has 5 nitrogen and oxygen atoms in total. The van der Waals surface area contributed by atoms with Crippen molar-refractivity contribution in [3.63, 3.8) is 0 Å². The molecule has 1 aliphatic rings. The van der Waals surface area contributed by atoms with Crippen molar-refractivity contribution in [2.24, 2.45) is 0 Å². The highest BCUT2D eigenvalue weighted by atomic mass is 32.1. The third kappa shape index (κ3) is 3.76. The highest BCUT2D eigenvalue weighted by Crippen LogP contribution is 2.25. The smallest absolute Gasteiger partial charge is 0.345 e. The van der Waals surface area contributed by atoms with Crippen LogP contribution >= 0.6 is 11.3 Å². The minimum atomic E-state index is -0.954. The van der Waals surface area contributed by atoms with Gasteiger partial charge in [-0.1, -0.05) is 6.07 Å². The number of carboxylic acids is 1. The number of aromatic carboxylic acids is 1.